The topological polar surface area (TPSA) is 75.7 Å². The highest BCUT2D eigenvalue weighted by atomic mass is 79.9. The van der Waals surface area contributed by atoms with E-state index >= 15 is 0 Å². The van der Waals surface area contributed by atoms with Gasteiger partial charge in [0.05, 0.1) is 22.2 Å². The molecule has 3 rings (SSSR count). The largest absolute Gasteiger partial charge is 0.490 e. The van der Waals surface area contributed by atoms with Crippen molar-refractivity contribution in [3.63, 3.8) is 0 Å². The standard InChI is InChI=1S/C23H22BrClN2O4S/c1-17-9-11-20(12-10-17)32(29,30)27(19-6-4-5-18(24)15-19)16-23(28)26-13-14-31-22-8-3-2-7-21(22)25/h2-12,15H,13-14,16H2,1H3,(H,26,28). The van der Waals surface area contributed by atoms with Crippen molar-refractivity contribution in [3.05, 3.63) is 87.9 Å². The summed E-state index contributed by atoms with van der Waals surface area (Å²) >= 11 is 9.40. The first kappa shape index (κ1) is 24.1. The molecule has 32 heavy (non-hydrogen) atoms. The zero-order valence-electron chi connectivity index (χ0n) is 17.3. The van der Waals surface area contributed by atoms with E-state index in [1.807, 2.05) is 6.92 Å². The normalized spacial score (nSPS) is 11.1. The van der Waals surface area contributed by atoms with Crippen molar-refractivity contribution in [2.75, 3.05) is 24.0 Å². The van der Waals surface area contributed by atoms with E-state index in [-0.39, 0.29) is 24.6 Å². The van der Waals surface area contributed by atoms with Crippen LogP contribution in [0.4, 0.5) is 5.69 Å². The van der Waals surface area contributed by atoms with E-state index in [9.17, 15) is 13.2 Å². The minimum atomic E-state index is -3.96. The summed E-state index contributed by atoms with van der Waals surface area (Å²) in [7, 11) is -3.96. The van der Waals surface area contributed by atoms with E-state index in [1.165, 1.54) is 12.1 Å². The number of anilines is 1. The summed E-state index contributed by atoms with van der Waals surface area (Å²) in [5.41, 5.74) is 1.32. The van der Waals surface area contributed by atoms with E-state index in [1.54, 1.807) is 60.7 Å². The summed E-state index contributed by atoms with van der Waals surface area (Å²) in [6.07, 6.45) is 0. The molecule has 0 fully saturated rings. The summed E-state index contributed by atoms with van der Waals surface area (Å²) in [5.74, 6) is 0.0598. The summed E-state index contributed by atoms with van der Waals surface area (Å²) in [6, 6.07) is 20.3. The Kier molecular flexibility index (Phi) is 8.17. The molecule has 1 N–H and O–H groups in total. The molecule has 3 aromatic carbocycles. The van der Waals surface area contributed by atoms with Gasteiger partial charge in [-0.2, -0.15) is 0 Å². The van der Waals surface area contributed by atoms with Gasteiger partial charge >= 0.3 is 0 Å². The Morgan fingerprint density at radius 1 is 1.06 bits per heavy atom. The number of hydrogen-bond donors (Lipinski definition) is 1. The number of hydrogen-bond acceptors (Lipinski definition) is 4. The molecular weight excluding hydrogens is 516 g/mol. The number of nitrogens with one attached hydrogen (secondary N) is 1. The molecule has 0 bridgehead atoms. The maximum absolute atomic E-state index is 13.3. The molecule has 0 radical (unpaired) electrons. The van der Waals surface area contributed by atoms with Gasteiger partial charge in [0.15, 0.2) is 0 Å². The van der Waals surface area contributed by atoms with Gasteiger partial charge in [0.1, 0.15) is 18.9 Å². The first-order valence-corrected chi connectivity index (χ1v) is 12.4. The van der Waals surface area contributed by atoms with Crippen LogP contribution in [0.1, 0.15) is 5.56 Å². The fourth-order valence-electron chi connectivity index (χ4n) is 2.88. The number of ether oxygens (including phenoxy) is 1. The van der Waals surface area contributed by atoms with Gasteiger partial charge in [-0.05, 0) is 49.4 Å². The Bertz CT molecular complexity index is 1190. The third kappa shape index (κ3) is 6.25. The monoisotopic (exact) mass is 536 g/mol. The molecule has 0 heterocycles. The van der Waals surface area contributed by atoms with Crippen LogP contribution in [0.5, 0.6) is 5.75 Å². The lowest BCUT2D eigenvalue weighted by atomic mass is 10.2. The highest BCUT2D eigenvalue weighted by molar-refractivity contribution is 9.10. The Morgan fingerprint density at radius 3 is 2.47 bits per heavy atom. The molecule has 0 saturated heterocycles. The van der Waals surface area contributed by atoms with Crippen LogP contribution >= 0.6 is 27.5 Å². The highest BCUT2D eigenvalue weighted by Crippen LogP contribution is 2.26. The van der Waals surface area contributed by atoms with Crippen LogP contribution in [-0.2, 0) is 14.8 Å². The van der Waals surface area contributed by atoms with Crippen molar-refractivity contribution in [2.45, 2.75) is 11.8 Å². The smallest absolute Gasteiger partial charge is 0.264 e. The van der Waals surface area contributed by atoms with E-state index in [4.69, 9.17) is 16.3 Å². The van der Waals surface area contributed by atoms with Crippen molar-refractivity contribution in [1.82, 2.24) is 5.32 Å². The predicted octanol–water partition coefficient (Wildman–Crippen LogP) is 4.80. The van der Waals surface area contributed by atoms with Gasteiger partial charge in [-0.25, -0.2) is 8.42 Å². The zero-order valence-corrected chi connectivity index (χ0v) is 20.5. The van der Waals surface area contributed by atoms with Crippen LogP contribution in [0.15, 0.2) is 82.2 Å². The quantitative estimate of drug-likeness (QED) is 0.398. The minimum absolute atomic E-state index is 0.109. The lowest BCUT2D eigenvalue weighted by molar-refractivity contribution is -0.119. The number of halogens is 2. The van der Waals surface area contributed by atoms with Crippen LogP contribution in [0.2, 0.25) is 5.02 Å². The summed E-state index contributed by atoms with van der Waals surface area (Å²) in [6.45, 7) is 1.89. The van der Waals surface area contributed by atoms with Crippen LogP contribution in [0.3, 0.4) is 0 Å². The summed E-state index contributed by atoms with van der Waals surface area (Å²) < 4.78 is 34.0. The first-order chi connectivity index (χ1) is 15.3. The number of nitrogens with zero attached hydrogens (tertiary/aromatic N) is 1. The average molecular weight is 538 g/mol. The fourth-order valence-corrected chi connectivity index (χ4v) is 4.87. The first-order valence-electron chi connectivity index (χ1n) is 9.76. The molecule has 6 nitrogen and oxygen atoms in total. The van der Waals surface area contributed by atoms with E-state index < -0.39 is 15.9 Å². The van der Waals surface area contributed by atoms with Crippen molar-refractivity contribution in [3.8, 4) is 5.75 Å². The van der Waals surface area contributed by atoms with Crippen molar-refractivity contribution >= 4 is 49.1 Å². The average Bonchev–Trinajstić information content (AvgIpc) is 2.76. The van der Waals surface area contributed by atoms with Gasteiger partial charge in [-0.1, -0.05) is 63.4 Å². The maximum atomic E-state index is 13.3. The van der Waals surface area contributed by atoms with Crippen LogP contribution in [0.25, 0.3) is 0 Å². The zero-order chi connectivity index (χ0) is 23.1. The van der Waals surface area contributed by atoms with Gasteiger partial charge in [-0.3, -0.25) is 9.10 Å². The Labute approximate surface area is 201 Å². The Morgan fingerprint density at radius 2 is 1.78 bits per heavy atom. The molecule has 0 saturated carbocycles. The third-order valence-electron chi connectivity index (χ3n) is 4.51. The van der Waals surface area contributed by atoms with E-state index in [0.29, 0.717) is 20.9 Å². The van der Waals surface area contributed by atoms with Crippen LogP contribution < -0.4 is 14.4 Å². The van der Waals surface area contributed by atoms with Crippen molar-refractivity contribution in [1.29, 1.82) is 0 Å². The molecule has 0 unspecified atom stereocenters. The van der Waals surface area contributed by atoms with Gasteiger partial charge in [0.25, 0.3) is 10.0 Å². The molecule has 168 valence electrons. The molecule has 1 amide bonds. The number of carbonyl (C=O) groups is 1. The molecule has 3 aromatic rings. The molecule has 0 atom stereocenters. The maximum Gasteiger partial charge on any atom is 0.264 e. The Hall–Kier alpha value is -2.55. The molecule has 9 heteroatoms. The molecular formula is C23H22BrClN2O4S. The summed E-state index contributed by atoms with van der Waals surface area (Å²) in [4.78, 5) is 12.7. The second kappa shape index (κ2) is 10.8. The Balaban J connectivity index is 1.72. The number of amides is 1. The number of sulfonamides is 1. The molecule has 0 aliphatic heterocycles. The third-order valence-corrected chi connectivity index (χ3v) is 7.10. The number of benzene rings is 3. The van der Waals surface area contributed by atoms with Gasteiger partial charge in [0, 0.05) is 4.47 Å². The number of carbonyl (C=O) groups excluding carboxylic acids is 1. The number of rotatable bonds is 9. The van der Waals surface area contributed by atoms with Crippen LogP contribution in [0, 0.1) is 6.92 Å². The number of aryl methyl sites for hydroxylation is 1. The van der Waals surface area contributed by atoms with Crippen LogP contribution in [-0.4, -0.2) is 34.0 Å². The highest BCUT2D eigenvalue weighted by Gasteiger charge is 2.27. The fraction of sp³-hybridized carbons (Fsp3) is 0.174. The minimum Gasteiger partial charge on any atom is -0.490 e. The number of para-hydroxylation sites is 1. The molecule has 0 aromatic heterocycles. The SMILES string of the molecule is Cc1ccc(S(=O)(=O)N(CC(=O)NCCOc2ccccc2Cl)c2cccc(Br)c2)cc1. The molecule has 0 aliphatic rings. The lowest BCUT2D eigenvalue weighted by Gasteiger charge is -2.24. The van der Waals surface area contributed by atoms with Gasteiger partial charge in [-0.15, -0.1) is 0 Å². The molecule has 0 aliphatic carbocycles. The predicted molar refractivity (Wildman–Crippen MR) is 130 cm³/mol. The summed E-state index contributed by atoms with van der Waals surface area (Å²) in [5, 5.41) is 3.17. The van der Waals surface area contributed by atoms with E-state index in [0.717, 1.165) is 9.87 Å². The van der Waals surface area contributed by atoms with Crippen molar-refractivity contribution in [2.24, 2.45) is 0 Å². The van der Waals surface area contributed by atoms with E-state index in [2.05, 4.69) is 21.2 Å². The second-order valence-electron chi connectivity index (χ2n) is 6.93. The van der Waals surface area contributed by atoms with Gasteiger partial charge in [0.2, 0.25) is 5.91 Å². The lowest BCUT2D eigenvalue weighted by Crippen LogP contribution is -2.41. The van der Waals surface area contributed by atoms with Gasteiger partial charge < -0.3 is 10.1 Å². The van der Waals surface area contributed by atoms with Crippen molar-refractivity contribution < 1.29 is 17.9 Å². The second-order valence-corrected chi connectivity index (χ2v) is 10.1. The molecule has 0 spiro atoms.